The van der Waals surface area contributed by atoms with Gasteiger partial charge in [-0.1, -0.05) is 0 Å². The number of aliphatic hydroxyl groups excluding tert-OH is 1. The molecule has 0 aliphatic carbocycles. The van der Waals surface area contributed by atoms with Crippen LogP contribution in [0, 0.1) is 11.8 Å². The monoisotopic (exact) mass is 336 g/mol. The molecule has 0 amide bonds. The summed E-state index contributed by atoms with van der Waals surface area (Å²) in [6.07, 6.45) is 1.64. The van der Waals surface area contributed by atoms with E-state index in [0.717, 1.165) is 48.8 Å². The quantitative estimate of drug-likeness (QED) is 0.823. The Kier molecular flexibility index (Phi) is 5.42. The Labute approximate surface area is 140 Å². The van der Waals surface area contributed by atoms with Crippen LogP contribution in [0.3, 0.4) is 0 Å². The Morgan fingerprint density at radius 2 is 2.22 bits per heavy atom. The van der Waals surface area contributed by atoms with E-state index in [1.54, 1.807) is 24.8 Å². The van der Waals surface area contributed by atoms with E-state index in [-0.39, 0.29) is 12.5 Å². The largest absolute Gasteiger partial charge is 0.396 e. The van der Waals surface area contributed by atoms with Crippen molar-refractivity contribution in [1.82, 2.24) is 14.9 Å². The lowest BCUT2D eigenvalue weighted by atomic mass is 9.96. The molecule has 0 unspecified atom stereocenters. The van der Waals surface area contributed by atoms with E-state index in [1.807, 2.05) is 0 Å². The predicted octanol–water partition coefficient (Wildman–Crippen LogP) is 1.31. The van der Waals surface area contributed by atoms with Crippen LogP contribution in [-0.4, -0.2) is 73.5 Å². The number of hydrogen-bond donors (Lipinski definition) is 1. The van der Waals surface area contributed by atoms with Crippen LogP contribution in [-0.2, 0) is 4.74 Å². The fraction of sp³-hybridized carbons (Fsp3) is 0.625. The van der Waals surface area contributed by atoms with Crippen molar-refractivity contribution in [1.29, 1.82) is 0 Å². The Hall–Kier alpha value is -1.28. The first-order valence-electron chi connectivity index (χ1n) is 7.94. The highest BCUT2D eigenvalue weighted by Crippen LogP contribution is 2.32. The minimum atomic E-state index is 0.219. The van der Waals surface area contributed by atoms with Crippen molar-refractivity contribution in [3.8, 4) is 0 Å². The SMILES string of the molecule is COCCN(C)C[C@@H]1CN(c2ncnc3sccc23)C[C@@H]1CO. The minimum Gasteiger partial charge on any atom is -0.396 e. The molecular formula is C16H24N4O2S. The zero-order chi connectivity index (χ0) is 16.2. The lowest BCUT2D eigenvalue weighted by molar-refractivity contribution is 0.136. The lowest BCUT2D eigenvalue weighted by Gasteiger charge is -2.23. The molecular weight excluding hydrogens is 312 g/mol. The third kappa shape index (κ3) is 3.63. The molecule has 6 nitrogen and oxygen atoms in total. The molecule has 1 saturated heterocycles. The highest BCUT2D eigenvalue weighted by molar-refractivity contribution is 7.16. The van der Waals surface area contributed by atoms with Gasteiger partial charge in [-0.15, -0.1) is 11.3 Å². The normalized spacial score (nSPS) is 21.7. The predicted molar refractivity (Wildman–Crippen MR) is 93.1 cm³/mol. The van der Waals surface area contributed by atoms with Crippen LogP contribution in [0.1, 0.15) is 0 Å². The zero-order valence-electron chi connectivity index (χ0n) is 13.7. The summed E-state index contributed by atoms with van der Waals surface area (Å²) in [7, 11) is 3.83. The van der Waals surface area contributed by atoms with Gasteiger partial charge in [-0.2, -0.15) is 0 Å². The van der Waals surface area contributed by atoms with E-state index in [4.69, 9.17) is 4.74 Å². The average molecular weight is 336 g/mol. The second-order valence-electron chi connectivity index (χ2n) is 6.20. The van der Waals surface area contributed by atoms with Gasteiger partial charge in [-0.25, -0.2) is 9.97 Å². The van der Waals surface area contributed by atoms with E-state index >= 15 is 0 Å². The zero-order valence-corrected chi connectivity index (χ0v) is 14.5. The van der Waals surface area contributed by atoms with Crippen LogP contribution in [0.2, 0.25) is 0 Å². The molecule has 2 atom stereocenters. The van der Waals surface area contributed by atoms with Gasteiger partial charge < -0.3 is 19.6 Å². The van der Waals surface area contributed by atoms with Crippen molar-refractivity contribution in [3.05, 3.63) is 17.8 Å². The molecule has 2 aromatic heterocycles. The first kappa shape index (κ1) is 16.6. The van der Waals surface area contributed by atoms with Crippen LogP contribution in [0.5, 0.6) is 0 Å². The van der Waals surface area contributed by atoms with Gasteiger partial charge in [0, 0.05) is 45.8 Å². The van der Waals surface area contributed by atoms with Crippen molar-refractivity contribution >= 4 is 27.4 Å². The number of thiophene rings is 1. The molecule has 0 saturated carbocycles. The number of ether oxygens (including phenoxy) is 1. The van der Waals surface area contributed by atoms with Crippen LogP contribution in [0.4, 0.5) is 5.82 Å². The fourth-order valence-electron chi connectivity index (χ4n) is 3.29. The number of anilines is 1. The Balaban J connectivity index is 1.72. The molecule has 0 radical (unpaired) electrons. The number of fused-ring (bicyclic) bond motifs is 1. The molecule has 0 spiro atoms. The Bertz CT molecular complexity index is 635. The highest BCUT2D eigenvalue weighted by atomic mass is 32.1. The fourth-order valence-corrected chi connectivity index (χ4v) is 4.02. The molecule has 0 bridgehead atoms. The van der Waals surface area contributed by atoms with E-state index in [0.29, 0.717) is 5.92 Å². The molecule has 1 aliphatic rings. The van der Waals surface area contributed by atoms with Crippen LogP contribution in [0.15, 0.2) is 17.8 Å². The summed E-state index contributed by atoms with van der Waals surface area (Å²) in [4.78, 5) is 14.4. The summed E-state index contributed by atoms with van der Waals surface area (Å²) in [5.41, 5.74) is 0. The van der Waals surface area contributed by atoms with E-state index in [9.17, 15) is 5.11 Å². The van der Waals surface area contributed by atoms with Gasteiger partial charge in [0.25, 0.3) is 0 Å². The summed E-state index contributed by atoms with van der Waals surface area (Å²) in [5, 5.41) is 12.9. The van der Waals surface area contributed by atoms with Crippen LogP contribution in [0.25, 0.3) is 10.2 Å². The van der Waals surface area contributed by atoms with Crippen molar-refractivity contribution in [2.45, 2.75) is 0 Å². The number of aromatic nitrogens is 2. The minimum absolute atomic E-state index is 0.219. The van der Waals surface area contributed by atoms with Crippen molar-refractivity contribution < 1.29 is 9.84 Å². The maximum absolute atomic E-state index is 9.76. The molecule has 2 aromatic rings. The summed E-state index contributed by atoms with van der Waals surface area (Å²) in [5.74, 6) is 1.71. The smallest absolute Gasteiger partial charge is 0.140 e. The molecule has 23 heavy (non-hydrogen) atoms. The second-order valence-corrected chi connectivity index (χ2v) is 7.09. The third-order valence-corrected chi connectivity index (χ3v) is 5.40. The van der Waals surface area contributed by atoms with Gasteiger partial charge in [0.1, 0.15) is 17.0 Å². The number of nitrogens with zero attached hydrogens (tertiary/aromatic N) is 4. The first-order chi connectivity index (χ1) is 11.2. The van der Waals surface area contributed by atoms with Gasteiger partial charge >= 0.3 is 0 Å². The second kappa shape index (κ2) is 7.53. The first-order valence-corrected chi connectivity index (χ1v) is 8.82. The molecule has 1 N–H and O–H groups in total. The average Bonchev–Trinajstić information content (AvgIpc) is 3.18. The number of aliphatic hydroxyl groups is 1. The standard InChI is InChI=1S/C16H24N4O2S/c1-19(4-5-22-2)7-12-8-20(9-13(12)10-21)15-14-3-6-23-16(14)18-11-17-15/h3,6,11-13,21H,4-5,7-10H2,1-2H3/t12-,13-/m1/s1. The van der Waals surface area contributed by atoms with Gasteiger partial charge in [-0.3, -0.25) is 0 Å². The van der Waals surface area contributed by atoms with E-state index in [2.05, 4.69) is 38.3 Å². The molecule has 126 valence electrons. The van der Waals surface area contributed by atoms with E-state index in [1.165, 1.54) is 0 Å². The summed E-state index contributed by atoms with van der Waals surface area (Å²) >= 11 is 1.64. The molecule has 1 fully saturated rings. The summed E-state index contributed by atoms with van der Waals surface area (Å²) < 4.78 is 5.14. The van der Waals surface area contributed by atoms with Gasteiger partial charge in [0.2, 0.25) is 0 Å². The number of hydrogen-bond acceptors (Lipinski definition) is 7. The Morgan fingerprint density at radius 3 is 3.00 bits per heavy atom. The highest BCUT2D eigenvalue weighted by Gasteiger charge is 2.34. The number of rotatable bonds is 7. The maximum Gasteiger partial charge on any atom is 0.140 e. The molecule has 1 aliphatic heterocycles. The summed E-state index contributed by atoms with van der Waals surface area (Å²) in [6.45, 7) is 4.59. The van der Waals surface area contributed by atoms with Crippen molar-refractivity contribution in [2.75, 3.05) is 58.5 Å². The maximum atomic E-state index is 9.76. The Morgan fingerprint density at radius 1 is 1.39 bits per heavy atom. The number of methoxy groups -OCH3 is 1. The topological polar surface area (TPSA) is 61.7 Å². The number of likely N-dealkylation sites (N-methyl/N-ethyl adjacent to an activating group) is 1. The summed E-state index contributed by atoms with van der Waals surface area (Å²) in [6, 6.07) is 2.08. The lowest BCUT2D eigenvalue weighted by Crippen LogP contribution is -2.33. The van der Waals surface area contributed by atoms with Gasteiger partial charge in [-0.05, 0) is 24.4 Å². The van der Waals surface area contributed by atoms with Crippen LogP contribution < -0.4 is 4.90 Å². The van der Waals surface area contributed by atoms with Crippen molar-refractivity contribution in [2.24, 2.45) is 11.8 Å². The van der Waals surface area contributed by atoms with Gasteiger partial charge in [0.15, 0.2) is 0 Å². The molecule has 7 heteroatoms. The molecule has 3 rings (SSSR count). The molecule has 0 aromatic carbocycles. The van der Waals surface area contributed by atoms with Crippen LogP contribution >= 0.6 is 11.3 Å². The van der Waals surface area contributed by atoms with Gasteiger partial charge in [0.05, 0.1) is 12.0 Å². The molecule has 3 heterocycles. The van der Waals surface area contributed by atoms with Crippen molar-refractivity contribution in [3.63, 3.8) is 0 Å². The van der Waals surface area contributed by atoms with E-state index < -0.39 is 0 Å². The third-order valence-electron chi connectivity index (χ3n) is 4.57.